The van der Waals surface area contributed by atoms with Crippen LogP contribution in [-0.2, 0) is 10.0 Å². The lowest BCUT2D eigenvalue weighted by Crippen LogP contribution is -2.31. The molecule has 1 aliphatic rings. The summed E-state index contributed by atoms with van der Waals surface area (Å²) in [6, 6.07) is 3.08. The van der Waals surface area contributed by atoms with Gasteiger partial charge in [0.15, 0.2) is 5.76 Å². The van der Waals surface area contributed by atoms with E-state index in [1.54, 1.807) is 26.0 Å². The van der Waals surface area contributed by atoms with Crippen molar-refractivity contribution in [2.24, 2.45) is 0 Å². The highest BCUT2D eigenvalue weighted by Crippen LogP contribution is 2.41. The smallest absolute Gasteiger partial charge is 0.245 e. The average molecular weight is 389 g/mol. The molecule has 1 aromatic carbocycles. The van der Waals surface area contributed by atoms with Crippen molar-refractivity contribution in [3.63, 3.8) is 0 Å². The molecule has 1 atom stereocenters. The topological polar surface area (TPSA) is 63.4 Å². The van der Waals surface area contributed by atoms with Crippen molar-refractivity contribution in [2.45, 2.75) is 44.6 Å². The molecule has 1 fully saturated rings. The van der Waals surface area contributed by atoms with Crippen LogP contribution in [0.4, 0.5) is 0 Å². The maximum atomic E-state index is 13.3. The first kappa shape index (κ1) is 17.7. The number of benzene rings is 1. The van der Waals surface area contributed by atoms with Gasteiger partial charge in [0.1, 0.15) is 4.90 Å². The van der Waals surface area contributed by atoms with E-state index in [2.05, 4.69) is 5.16 Å². The molecule has 0 radical (unpaired) electrons. The zero-order valence-corrected chi connectivity index (χ0v) is 16.0. The molecule has 0 N–H and O–H groups in total. The molecule has 0 spiro atoms. The SMILES string of the molecule is Cc1cc([C@@H]2CCCN2S(=O)(=O)c2c(C)c(Cl)cc(C)c2Cl)on1. The Morgan fingerprint density at radius 2 is 1.96 bits per heavy atom. The molecule has 130 valence electrons. The third kappa shape index (κ3) is 2.86. The average Bonchev–Trinajstić information content (AvgIpc) is 3.13. The van der Waals surface area contributed by atoms with Crippen molar-refractivity contribution < 1.29 is 12.9 Å². The Hall–Kier alpha value is -1.08. The molecule has 0 bridgehead atoms. The van der Waals surface area contributed by atoms with Crippen LogP contribution in [0.2, 0.25) is 10.0 Å². The van der Waals surface area contributed by atoms with Gasteiger partial charge in [0.05, 0.1) is 16.8 Å². The van der Waals surface area contributed by atoms with E-state index in [1.807, 2.05) is 6.92 Å². The van der Waals surface area contributed by atoms with E-state index in [9.17, 15) is 8.42 Å². The fraction of sp³-hybridized carbons (Fsp3) is 0.438. The Labute approximate surface area is 151 Å². The van der Waals surface area contributed by atoms with Crippen LogP contribution in [0, 0.1) is 20.8 Å². The van der Waals surface area contributed by atoms with Crippen LogP contribution in [0.25, 0.3) is 0 Å². The fourth-order valence-electron chi connectivity index (χ4n) is 3.09. The molecule has 1 aliphatic heterocycles. The van der Waals surface area contributed by atoms with E-state index in [-0.39, 0.29) is 16.0 Å². The first-order valence-electron chi connectivity index (χ1n) is 7.63. The highest BCUT2D eigenvalue weighted by Gasteiger charge is 2.40. The molecule has 5 nitrogen and oxygen atoms in total. The standard InChI is InChI=1S/C16H18Cl2N2O3S/c1-9-7-12(17)11(3)16(15(9)18)24(21,22)20-6-4-5-13(20)14-8-10(2)19-23-14/h7-8,13H,4-6H2,1-3H3/t13-/m0/s1. The van der Waals surface area contributed by atoms with Crippen LogP contribution >= 0.6 is 23.2 Å². The summed E-state index contributed by atoms with van der Waals surface area (Å²) >= 11 is 12.5. The zero-order chi connectivity index (χ0) is 17.6. The van der Waals surface area contributed by atoms with E-state index >= 15 is 0 Å². The summed E-state index contributed by atoms with van der Waals surface area (Å²) in [6.45, 7) is 5.63. The van der Waals surface area contributed by atoms with Crippen molar-refractivity contribution in [1.29, 1.82) is 0 Å². The zero-order valence-electron chi connectivity index (χ0n) is 13.6. The molecule has 0 saturated carbocycles. The van der Waals surface area contributed by atoms with Crippen LogP contribution in [0.3, 0.4) is 0 Å². The number of aromatic nitrogens is 1. The van der Waals surface area contributed by atoms with Gasteiger partial charge in [0, 0.05) is 17.6 Å². The Morgan fingerprint density at radius 3 is 2.58 bits per heavy atom. The van der Waals surface area contributed by atoms with Gasteiger partial charge in [0.2, 0.25) is 10.0 Å². The lowest BCUT2D eigenvalue weighted by molar-refractivity contribution is 0.297. The molecule has 3 rings (SSSR count). The van der Waals surface area contributed by atoms with Crippen LogP contribution < -0.4 is 0 Å². The van der Waals surface area contributed by atoms with E-state index in [0.717, 1.165) is 12.1 Å². The summed E-state index contributed by atoms with van der Waals surface area (Å²) in [6.07, 6.45) is 1.43. The molecule has 1 aromatic heterocycles. The van der Waals surface area contributed by atoms with Gasteiger partial charge in [-0.05, 0) is 50.8 Å². The maximum Gasteiger partial charge on any atom is 0.245 e. The molecule has 0 aliphatic carbocycles. The highest BCUT2D eigenvalue weighted by molar-refractivity contribution is 7.89. The van der Waals surface area contributed by atoms with Crippen molar-refractivity contribution in [3.05, 3.63) is 44.8 Å². The van der Waals surface area contributed by atoms with Crippen LogP contribution in [0.5, 0.6) is 0 Å². The second kappa shape index (κ2) is 6.33. The number of halogens is 2. The summed E-state index contributed by atoms with van der Waals surface area (Å²) in [5.74, 6) is 0.557. The predicted octanol–water partition coefficient (Wildman–Crippen LogP) is 4.43. The lowest BCUT2D eigenvalue weighted by atomic mass is 10.2. The minimum Gasteiger partial charge on any atom is -0.359 e. The Balaban J connectivity index is 2.11. The highest BCUT2D eigenvalue weighted by atomic mass is 35.5. The van der Waals surface area contributed by atoms with Gasteiger partial charge < -0.3 is 4.52 Å². The number of aryl methyl sites for hydroxylation is 2. The van der Waals surface area contributed by atoms with E-state index in [1.165, 1.54) is 4.31 Å². The molecule has 2 heterocycles. The lowest BCUT2D eigenvalue weighted by Gasteiger charge is -2.24. The summed E-state index contributed by atoms with van der Waals surface area (Å²) in [7, 11) is -3.80. The van der Waals surface area contributed by atoms with Crippen LogP contribution in [-0.4, -0.2) is 24.4 Å². The van der Waals surface area contributed by atoms with Gasteiger partial charge in [-0.15, -0.1) is 0 Å². The Bertz CT molecular complexity index is 867. The van der Waals surface area contributed by atoms with Crippen LogP contribution in [0.15, 0.2) is 21.6 Å². The van der Waals surface area contributed by atoms with Gasteiger partial charge in [-0.3, -0.25) is 0 Å². The van der Waals surface area contributed by atoms with Crippen molar-refractivity contribution in [3.8, 4) is 0 Å². The second-order valence-electron chi connectivity index (χ2n) is 6.09. The number of nitrogens with zero attached hydrogens (tertiary/aromatic N) is 2. The number of rotatable bonds is 3. The molecular formula is C16H18Cl2N2O3S. The van der Waals surface area contributed by atoms with Gasteiger partial charge in [0.25, 0.3) is 0 Å². The Morgan fingerprint density at radius 1 is 1.25 bits per heavy atom. The van der Waals surface area contributed by atoms with Gasteiger partial charge in [-0.1, -0.05) is 28.4 Å². The predicted molar refractivity (Wildman–Crippen MR) is 93.0 cm³/mol. The molecule has 24 heavy (non-hydrogen) atoms. The molecule has 2 aromatic rings. The first-order chi connectivity index (χ1) is 11.2. The summed E-state index contributed by atoms with van der Waals surface area (Å²) < 4.78 is 33.3. The van der Waals surface area contributed by atoms with Gasteiger partial charge in [-0.25, -0.2) is 8.42 Å². The normalized spacial score (nSPS) is 19.1. The molecule has 0 unspecified atom stereocenters. The first-order valence-corrected chi connectivity index (χ1v) is 9.83. The minimum absolute atomic E-state index is 0.0808. The van der Waals surface area contributed by atoms with E-state index in [0.29, 0.717) is 34.9 Å². The third-order valence-electron chi connectivity index (χ3n) is 4.33. The second-order valence-corrected chi connectivity index (χ2v) is 8.70. The number of hydrogen-bond acceptors (Lipinski definition) is 4. The molecule has 0 amide bonds. The summed E-state index contributed by atoms with van der Waals surface area (Å²) in [5, 5.41) is 4.48. The molecular weight excluding hydrogens is 371 g/mol. The van der Waals surface area contributed by atoms with Gasteiger partial charge in [-0.2, -0.15) is 4.31 Å². The van der Waals surface area contributed by atoms with E-state index < -0.39 is 10.0 Å². The number of hydrogen-bond donors (Lipinski definition) is 0. The van der Waals surface area contributed by atoms with Gasteiger partial charge >= 0.3 is 0 Å². The maximum absolute atomic E-state index is 13.3. The molecule has 1 saturated heterocycles. The quantitative estimate of drug-likeness (QED) is 0.779. The molecule has 8 heteroatoms. The largest absolute Gasteiger partial charge is 0.359 e. The van der Waals surface area contributed by atoms with Crippen LogP contribution in [0.1, 0.15) is 41.5 Å². The number of sulfonamides is 1. The summed E-state index contributed by atoms with van der Waals surface area (Å²) in [5.41, 5.74) is 1.82. The summed E-state index contributed by atoms with van der Waals surface area (Å²) in [4.78, 5) is 0.0808. The third-order valence-corrected chi connectivity index (χ3v) is 7.41. The van der Waals surface area contributed by atoms with Crippen molar-refractivity contribution >= 4 is 33.2 Å². The van der Waals surface area contributed by atoms with Crippen molar-refractivity contribution in [1.82, 2.24) is 9.46 Å². The minimum atomic E-state index is -3.80. The monoisotopic (exact) mass is 388 g/mol. The fourth-order valence-corrected chi connectivity index (χ4v) is 5.93. The Kier molecular flexibility index (Phi) is 4.68. The van der Waals surface area contributed by atoms with Crippen molar-refractivity contribution in [2.75, 3.05) is 6.54 Å². The van der Waals surface area contributed by atoms with E-state index in [4.69, 9.17) is 27.7 Å².